The van der Waals surface area contributed by atoms with Crippen LogP contribution in [-0.4, -0.2) is 31.8 Å². The van der Waals surface area contributed by atoms with Crippen LogP contribution in [0.2, 0.25) is 0 Å². The number of aromatic nitrogens is 3. The van der Waals surface area contributed by atoms with Crippen molar-refractivity contribution in [3.8, 4) is 0 Å². The van der Waals surface area contributed by atoms with Gasteiger partial charge in [-0.05, 0) is 12.8 Å². The highest BCUT2D eigenvalue weighted by Crippen LogP contribution is 2.24. The minimum atomic E-state index is -4.07. The molecular weight excluding hydrogens is 255 g/mol. The van der Waals surface area contributed by atoms with Gasteiger partial charge in [-0.25, -0.2) is 0 Å². The molecule has 1 N–H and O–H groups in total. The molecule has 0 unspecified atom stereocenters. The summed E-state index contributed by atoms with van der Waals surface area (Å²) < 4.78 is 37.2. The highest BCUT2D eigenvalue weighted by Gasteiger charge is 2.25. The second kappa shape index (κ2) is 6.25. The van der Waals surface area contributed by atoms with Gasteiger partial charge in [0.1, 0.15) is 6.61 Å². The molecule has 0 aliphatic carbocycles. The number of aliphatic hydroxyl groups excluding tert-OH is 1. The standard InChI is InChI=1S/C9H14F3N3OS/c1-15-7(6-16)13-14-8(15)17-5-3-2-4-9(10,11)12/h16H,2-6H2,1H3. The Morgan fingerprint density at radius 2 is 2.00 bits per heavy atom. The van der Waals surface area contributed by atoms with Crippen LogP contribution in [0, 0.1) is 0 Å². The van der Waals surface area contributed by atoms with E-state index >= 15 is 0 Å². The maximum Gasteiger partial charge on any atom is 0.389 e. The van der Waals surface area contributed by atoms with E-state index in [9.17, 15) is 13.2 Å². The van der Waals surface area contributed by atoms with E-state index in [0.717, 1.165) is 0 Å². The second-order valence-corrected chi connectivity index (χ2v) is 4.60. The summed E-state index contributed by atoms with van der Waals surface area (Å²) in [5.74, 6) is 1.01. The van der Waals surface area contributed by atoms with E-state index in [1.807, 2.05) is 0 Å². The first-order chi connectivity index (χ1) is 7.94. The molecule has 17 heavy (non-hydrogen) atoms. The van der Waals surface area contributed by atoms with Crippen molar-refractivity contribution in [3.05, 3.63) is 5.82 Å². The summed E-state index contributed by atoms with van der Waals surface area (Å²) in [7, 11) is 1.71. The van der Waals surface area contributed by atoms with Crippen LogP contribution in [0.3, 0.4) is 0 Å². The Morgan fingerprint density at radius 3 is 2.53 bits per heavy atom. The molecule has 1 rings (SSSR count). The number of rotatable bonds is 6. The quantitative estimate of drug-likeness (QED) is 0.635. The minimum Gasteiger partial charge on any atom is -0.388 e. The first-order valence-corrected chi connectivity index (χ1v) is 6.11. The van der Waals surface area contributed by atoms with Crippen molar-refractivity contribution in [2.75, 3.05) is 5.75 Å². The van der Waals surface area contributed by atoms with E-state index in [0.29, 0.717) is 23.2 Å². The molecule has 1 heterocycles. The van der Waals surface area contributed by atoms with Crippen LogP contribution in [0.15, 0.2) is 5.16 Å². The molecule has 98 valence electrons. The topological polar surface area (TPSA) is 50.9 Å². The molecule has 0 radical (unpaired) electrons. The third-order valence-corrected chi connectivity index (χ3v) is 3.26. The Hall–Kier alpha value is -0.760. The Balaban J connectivity index is 2.25. The molecule has 0 saturated heterocycles. The zero-order valence-corrected chi connectivity index (χ0v) is 10.2. The van der Waals surface area contributed by atoms with Gasteiger partial charge in [0.15, 0.2) is 11.0 Å². The Kier molecular flexibility index (Phi) is 5.26. The average molecular weight is 269 g/mol. The molecule has 0 amide bonds. The first-order valence-electron chi connectivity index (χ1n) is 5.12. The number of halogens is 3. The van der Waals surface area contributed by atoms with Gasteiger partial charge in [-0.2, -0.15) is 13.2 Å². The van der Waals surface area contributed by atoms with E-state index in [4.69, 9.17) is 5.11 Å². The van der Waals surface area contributed by atoms with Crippen LogP contribution in [0.5, 0.6) is 0 Å². The Labute approximate surface area is 101 Å². The van der Waals surface area contributed by atoms with Crippen LogP contribution in [0.1, 0.15) is 25.1 Å². The smallest absolute Gasteiger partial charge is 0.388 e. The monoisotopic (exact) mass is 269 g/mol. The van der Waals surface area contributed by atoms with Gasteiger partial charge in [0.05, 0.1) is 0 Å². The summed E-state index contributed by atoms with van der Waals surface area (Å²) in [6.45, 7) is -0.196. The fourth-order valence-electron chi connectivity index (χ4n) is 1.20. The minimum absolute atomic E-state index is 0.126. The van der Waals surface area contributed by atoms with Gasteiger partial charge in [0.2, 0.25) is 0 Å². The van der Waals surface area contributed by atoms with Crippen LogP contribution in [0.25, 0.3) is 0 Å². The van der Waals surface area contributed by atoms with Gasteiger partial charge in [0.25, 0.3) is 0 Å². The molecule has 4 nitrogen and oxygen atoms in total. The number of aliphatic hydroxyl groups is 1. The summed E-state index contributed by atoms with van der Waals surface area (Å²) in [4.78, 5) is 0. The summed E-state index contributed by atoms with van der Waals surface area (Å²) in [6.07, 6.45) is -4.21. The lowest BCUT2D eigenvalue weighted by atomic mass is 10.2. The SMILES string of the molecule is Cn1c(CO)nnc1SCCCCC(F)(F)F. The predicted octanol–water partition coefficient (Wildman–Crippen LogP) is 2.13. The van der Waals surface area contributed by atoms with E-state index < -0.39 is 12.6 Å². The first kappa shape index (κ1) is 14.3. The predicted molar refractivity (Wildman–Crippen MR) is 57.6 cm³/mol. The summed E-state index contributed by atoms with van der Waals surface area (Å²) in [6, 6.07) is 0. The van der Waals surface area contributed by atoms with Crippen LogP contribution in [-0.2, 0) is 13.7 Å². The largest absolute Gasteiger partial charge is 0.389 e. The number of unbranched alkanes of at least 4 members (excludes halogenated alkanes) is 1. The lowest BCUT2D eigenvalue weighted by Crippen LogP contribution is -2.06. The molecule has 0 aromatic carbocycles. The maximum absolute atomic E-state index is 11.9. The van der Waals surface area contributed by atoms with Crippen molar-refractivity contribution in [1.29, 1.82) is 0 Å². The molecule has 0 saturated carbocycles. The number of hydrogen-bond acceptors (Lipinski definition) is 4. The normalized spacial score (nSPS) is 12.1. The summed E-state index contributed by atoms with van der Waals surface area (Å²) >= 11 is 1.34. The number of thioether (sulfide) groups is 1. The lowest BCUT2D eigenvalue weighted by Gasteiger charge is -2.05. The van der Waals surface area contributed by atoms with Gasteiger partial charge in [-0.1, -0.05) is 11.8 Å². The third kappa shape index (κ3) is 4.95. The van der Waals surface area contributed by atoms with Crippen molar-refractivity contribution in [2.24, 2.45) is 7.05 Å². The molecule has 0 atom stereocenters. The van der Waals surface area contributed by atoms with Crippen molar-refractivity contribution < 1.29 is 18.3 Å². The summed E-state index contributed by atoms with van der Waals surface area (Å²) in [5, 5.41) is 17.0. The van der Waals surface area contributed by atoms with Crippen LogP contribution < -0.4 is 0 Å². The van der Waals surface area contributed by atoms with E-state index in [1.54, 1.807) is 11.6 Å². The van der Waals surface area contributed by atoms with E-state index in [2.05, 4.69) is 10.2 Å². The number of hydrogen-bond donors (Lipinski definition) is 1. The molecule has 0 aliphatic rings. The van der Waals surface area contributed by atoms with Gasteiger partial charge < -0.3 is 9.67 Å². The molecular formula is C9H14F3N3OS. The Morgan fingerprint density at radius 1 is 1.29 bits per heavy atom. The zero-order chi connectivity index (χ0) is 12.9. The molecule has 0 bridgehead atoms. The number of nitrogens with zero attached hydrogens (tertiary/aromatic N) is 3. The second-order valence-electron chi connectivity index (χ2n) is 3.54. The van der Waals surface area contributed by atoms with Crippen molar-refractivity contribution in [1.82, 2.24) is 14.8 Å². The highest BCUT2D eigenvalue weighted by molar-refractivity contribution is 7.99. The molecule has 1 aromatic rings. The van der Waals surface area contributed by atoms with Crippen molar-refractivity contribution in [2.45, 2.75) is 37.2 Å². The fraction of sp³-hybridized carbons (Fsp3) is 0.778. The van der Waals surface area contributed by atoms with Crippen molar-refractivity contribution >= 4 is 11.8 Å². The Bertz CT molecular complexity index is 354. The number of alkyl halides is 3. The maximum atomic E-state index is 11.9. The molecule has 1 aromatic heterocycles. The van der Waals surface area contributed by atoms with Crippen LogP contribution in [0.4, 0.5) is 13.2 Å². The van der Waals surface area contributed by atoms with Gasteiger partial charge in [-0.15, -0.1) is 10.2 Å². The average Bonchev–Trinajstić information content (AvgIpc) is 2.58. The fourth-order valence-corrected chi connectivity index (χ4v) is 2.13. The van der Waals surface area contributed by atoms with Gasteiger partial charge >= 0.3 is 6.18 Å². The zero-order valence-electron chi connectivity index (χ0n) is 9.37. The van der Waals surface area contributed by atoms with E-state index in [1.165, 1.54) is 11.8 Å². The van der Waals surface area contributed by atoms with E-state index in [-0.39, 0.29) is 13.0 Å². The molecule has 8 heteroatoms. The molecule has 0 spiro atoms. The van der Waals surface area contributed by atoms with Crippen molar-refractivity contribution in [3.63, 3.8) is 0 Å². The van der Waals surface area contributed by atoms with Crippen LogP contribution >= 0.6 is 11.8 Å². The third-order valence-electron chi connectivity index (χ3n) is 2.15. The highest BCUT2D eigenvalue weighted by atomic mass is 32.2. The lowest BCUT2D eigenvalue weighted by molar-refractivity contribution is -0.135. The molecule has 0 aliphatic heterocycles. The van der Waals surface area contributed by atoms with Gasteiger partial charge in [0, 0.05) is 19.2 Å². The summed E-state index contributed by atoms with van der Waals surface area (Å²) in [5.41, 5.74) is 0. The van der Waals surface area contributed by atoms with Gasteiger partial charge in [-0.3, -0.25) is 0 Å². The molecule has 0 fully saturated rings.